The lowest BCUT2D eigenvalue weighted by Crippen LogP contribution is -2.34. The van der Waals surface area contributed by atoms with Crippen LogP contribution in [0.3, 0.4) is 0 Å². The minimum atomic E-state index is -0.0598. The molecule has 3 aromatic rings. The Hall–Kier alpha value is -2.86. The molecule has 0 saturated carbocycles. The Morgan fingerprint density at radius 3 is 2.26 bits per heavy atom. The predicted molar refractivity (Wildman–Crippen MR) is 97.6 cm³/mol. The van der Waals surface area contributed by atoms with Gasteiger partial charge in [-0.1, -0.05) is 60.7 Å². The van der Waals surface area contributed by atoms with Crippen LogP contribution in [0.2, 0.25) is 0 Å². The van der Waals surface area contributed by atoms with Crippen LogP contribution in [0, 0.1) is 0 Å². The Bertz CT molecular complexity index is 1340. The van der Waals surface area contributed by atoms with E-state index in [0.29, 0.717) is 0 Å². The van der Waals surface area contributed by atoms with Crippen LogP contribution in [-0.4, -0.2) is 0 Å². The SMILES string of the molecule is C1=C[C@@]23C=CC=c4cc5c6c(cc7ccc(c2c7c6c43)=C1)C=C5. The van der Waals surface area contributed by atoms with Crippen LogP contribution in [-0.2, 0) is 5.41 Å². The van der Waals surface area contributed by atoms with Crippen molar-refractivity contribution in [2.45, 2.75) is 5.41 Å². The van der Waals surface area contributed by atoms with E-state index in [1.165, 1.54) is 54.2 Å². The highest BCUT2D eigenvalue weighted by Gasteiger charge is 2.42. The Kier molecular flexibility index (Phi) is 1.45. The van der Waals surface area contributed by atoms with Gasteiger partial charge in [0.25, 0.3) is 0 Å². The smallest absolute Gasteiger partial charge is 0.0593 e. The third-order valence-electron chi connectivity index (χ3n) is 6.05. The summed E-state index contributed by atoms with van der Waals surface area (Å²) in [5.41, 5.74) is 5.69. The van der Waals surface area contributed by atoms with Gasteiger partial charge in [-0.05, 0) is 66.4 Å². The van der Waals surface area contributed by atoms with Crippen LogP contribution in [0.15, 0.2) is 48.6 Å². The first-order chi connectivity index (χ1) is 11.4. The molecule has 104 valence electrons. The van der Waals surface area contributed by atoms with Crippen molar-refractivity contribution in [2.75, 3.05) is 0 Å². The molecule has 0 heterocycles. The molecule has 0 aliphatic heterocycles. The van der Waals surface area contributed by atoms with Crippen LogP contribution in [0.5, 0.6) is 0 Å². The van der Waals surface area contributed by atoms with Gasteiger partial charge in [-0.3, -0.25) is 0 Å². The summed E-state index contributed by atoms with van der Waals surface area (Å²) in [6, 6.07) is 9.33. The maximum Gasteiger partial charge on any atom is 0.0593 e. The van der Waals surface area contributed by atoms with E-state index in [1.807, 2.05) is 0 Å². The second-order valence-corrected chi connectivity index (χ2v) is 7.03. The Labute approximate surface area is 133 Å². The van der Waals surface area contributed by atoms with Gasteiger partial charge < -0.3 is 0 Å². The minimum absolute atomic E-state index is 0.0598. The van der Waals surface area contributed by atoms with Crippen molar-refractivity contribution in [1.29, 1.82) is 0 Å². The summed E-state index contributed by atoms with van der Waals surface area (Å²) in [7, 11) is 0. The molecular formula is C23H12. The van der Waals surface area contributed by atoms with Crippen molar-refractivity contribution in [3.63, 3.8) is 0 Å². The molecule has 1 atom stereocenters. The van der Waals surface area contributed by atoms with Gasteiger partial charge in [-0.15, -0.1) is 0 Å². The molecule has 0 radical (unpaired) electrons. The van der Waals surface area contributed by atoms with Gasteiger partial charge in [0.2, 0.25) is 0 Å². The first-order valence-electron chi connectivity index (χ1n) is 8.21. The zero-order chi connectivity index (χ0) is 14.8. The van der Waals surface area contributed by atoms with E-state index in [-0.39, 0.29) is 5.41 Å². The highest BCUT2D eigenvalue weighted by atomic mass is 14.4. The zero-order valence-electron chi connectivity index (χ0n) is 12.4. The van der Waals surface area contributed by atoms with Crippen molar-refractivity contribution < 1.29 is 0 Å². The summed E-state index contributed by atoms with van der Waals surface area (Å²) in [5.74, 6) is 0. The van der Waals surface area contributed by atoms with Crippen LogP contribution in [0.4, 0.5) is 0 Å². The molecule has 23 heavy (non-hydrogen) atoms. The van der Waals surface area contributed by atoms with Crippen LogP contribution < -0.4 is 10.4 Å². The van der Waals surface area contributed by atoms with Crippen molar-refractivity contribution >= 4 is 45.8 Å². The minimum Gasteiger partial charge on any atom is -0.0657 e. The first kappa shape index (κ1) is 10.8. The molecule has 0 heteroatoms. The van der Waals surface area contributed by atoms with Crippen molar-refractivity contribution in [2.24, 2.45) is 0 Å². The number of hydrogen-bond acceptors (Lipinski definition) is 0. The van der Waals surface area contributed by atoms with E-state index in [9.17, 15) is 0 Å². The Morgan fingerprint density at radius 1 is 0.652 bits per heavy atom. The third-order valence-corrected chi connectivity index (χ3v) is 6.05. The fraction of sp³-hybridized carbons (Fsp3) is 0.0435. The fourth-order valence-corrected chi connectivity index (χ4v) is 5.28. The highest BCUT2D eigenvalue weighted by Crippen LogP contribution is 2.52. The average Bonchev–Trinajstić information content (AvgIpc) is 3.11. The Balaban J connectivity index is 1.99. The molecule has 0 fully saturated rings. The lowest BCUT2D eigenvalue weighted by molar-refractivity contribution is 0.825. The van der Waals surface area contributed by atoms with Gasteiger partial charge in [0.15, 0.2) is 0 Å². The van der Waals surface area contributed by atoms with Crippen molar-refractivity contribution in [3.05, 3.63) is 81.3 Å². The monoisotopic (exact) mass is 288 g/mol. The number of rotatable bonds is 0. The second-order valence-electron chi connectivity index (χ2n) is 7.03. The predicted octanol–water partition coefficient (Wildman–Crippen LogP) is 3.78. The second kappa shape index (κ2) is 3.09. The molecule has 4 aliphatic rings. The molecule has 4 aliphatic carbocycles. The lowest BCUT2D eigenvalue weighted by Gasteiger charge is -2.30. The lowest BCUT2D eigenvalue weighted by atomic mass is 9.72. The number of hydrogen-bond donors (Lipinski definition) is 0. The molecule has 7 rings (SSSR count). The highest BCUT2D eigenvalue weighted by molar-refractivity contribution is 6.22. The Morgan fingerprint density at radius 2 is 1.39 bits per heavy atom. The standard InChI is InChI=1S/C23H12/c1-3-13-5-6-16-11-14-7-8-15-12-17-4-2-10-23(9-1)21(13)19(16)20(18(14)15)22(17)23/h1-12H/t23-/m1/s1. The van der Waals surface area contributed by atoms with Crippen LogP contribution >= 0.6 is 0 Å². The van der Waals surface area contributed by atoms with E-state index in [0.717, 1.165) is 0 Å². The molecule has 0 saturated heterocycles. The summed E-state index contributed by atoms with van der Waals surface area (Å²) in [6.07, 6.45) is 18.3. The summed E-state index contributed by atoms with van der Waals surface area (Å²) < 4.78 is 0. The van der Waals surface area contributed by atoms with E-state index in [4.69, 9.17) is 0 Å². The van der Waals surface area contributed by atoms with Gasteiger partial charge in [0.05, 0.1) is 5.41 Å². The van der Waals surface area contributed by atoms with Gasteiger partial charge >= 0.3 is 0 Å². The van der Waals surface area contributed by atoms with E-state index in [1.54, 1.807) is 0 Å². The van der Waals surface area contributed by atoms with Crippen molar-refractivity contribution in [1.82, 2.24) is 0 Å². The molecule has 0 bridgehead atoms. The van der Waals surface area contributed by atoms with Gasteiger partial charge in [0.1, 0.15) is 0 Å². The summed E-state index contributed by atoms with van der Waals surface area (Å²) in [4.78, 5) is 0. The van der Waals surface area contributed by atoms with E-state index in [2.05, 4.69) is 72.9 Å². The third kappa shape index (κ3) is 0.945. The maximum atomic E-state index is 2.39. The summed E-state index contributed by atoms with van der Waals surface area (Å²) in [5, 5.41) is 8.56. The van der Waals surface area contributed by atoms with Gasteiger partial charge in [-0.2, -0.15) is 0 Å². The molecule has 0 unspecified atom stereocenters. The molecule has 0 N–H and O–H groups in total. The average molecular weight is 288 g/mol. The van der Waals surface area contributed by atoms with Crippen molar-refractivity contribution in [3.8, 4) is 0 Å². The van der Waals surface area contributed by atoms with E-state index >= 15 is 0 Å². The zero-order valence-corrected chi connectivity index (χ0v) is 12.4. The normalized spacial score (nSPS) is 23.1. The maximum absolute atomic E-state index is 2.39. The molecular weight excluding hydrogens is 276 g/mol. The number of allylic oxidation sites excluding steroid dienone is 4. The van der Waals surface area contributed by atoms with Crippen LogP contribution in [0.25, 0.3) is 45.8 Å². The molecule has 0 nitrogen and oxygen atoms in total. The first-order valence-corrected chi connectivity index (χ1v) is 8.21. The van der Waals surface area contributed by atoms with E-state index < -0.39 is 0 Å². The summed E-state index contributed by atoms with van der Waals surface area (Å²) in [6.45, 7) is 0. The topological polar surface area (TPSA) is 0 Å². The largest absolute Gasteiger partial charge is 0.0657 e. The fourth-order valence-electron chi connectivity index (χ4n) is 5.28. The van der Waals surface area contributed by atoms with Gasteiger partial charge in [-0.25, -0.2) is 0 Å². The van der Waals surface area contributed by atoms with Crippen LogP contribution in [0.1, 0.15) is 22.3 Å². The number of benzene rings is 3. The van der Waals surface area contributed by atoms with Gasteiger partial charge in [0, 0.05) is 0 Å². The quantitative estimate of drug-likeness (QED) is 0.432. The molecule has 3 aromatic carbocycles. The summed E-state index contributed by atoms with van der Waals surface area (Å²) >= 11 is 0. The molecule has 0 amide bonds. The molecule has 1 spiro atoms. The molecule has 0 aromatic heterocycles.